The van der Waals surface area contributed by atoms with E-state index in [0.717, 1.165) is 6.42 Å². The molecule has 78 valence electrons. The fraction of sp³-hybridized carbons (Fsp3) is 0.500. The average Bonchev–Trinajstić information content (AvgIpc) is 2.20. The van der Waals surface area contributed by atoms with Gasteiger partial charge in [-0.15, -0.1) is 0 Å². The van der Waals surface area contributed by atoms with E-state index in [9.17, 15) is 0 Å². The zero-order valence-electron chi connectivity index (χ0n) is 8.86. The van der Waals surface area contributed by atoms with E-state index in [-0.39, 0.29) is 12.5 Å². The molecular weight excluding hydrogens is 176 g/mol. The zero-order valence-corrected chi connectivity index (χ0v) is 8.86. The lowest BCUT2D eigenvalue weighted by molar-refractivity contribution is 0.110. The van der Waals surface area contributed by atoms with Gasteiger partial charge in [0.15, 0.2) is 0 Å². The Hall–Kier alpha value is -0.860. The Balaban J connectivity index is 2.62. The summed E-state index contributed by atoms with van der Waals surface area (Å²) in [5.41, 5.74) is 2.57. The Labute approximate surface area is 85.5 Å². The molecule has 1 atom stereocenters. The van der Waals surface area contributed by atoms with Crippen molar-refractivity contribution in [3.63, 3.8) is 0 Å². The van der Waals surface area contributed by atoms with Crippen molar-refractivity contribution in [3.8, 4) is 0 Å². The Bertz CT molecular complexity index is 271. The van der Waals surface area contributed by atoms with Gasteiger partial charge in [0, 0.05) is 19.6 Å². The van der Waals surface area contributed by atoms with Crippen molar-refractivity contribution >= 4 is 0 Å². The number of ether oxygens (including phenoxy) is 1. The zero-order chi connectivity index (χ0) is 10.4. The first kappa shape index (κ1) is 11.2. The Morgan fingerprint density at radius 3 is 2.64 bits per heavy atom. The van der Waals surface area contributed by atoms with Crippen LogP contribution in [0.4, 0.5) is 0 Å². The standard InChI is InChI=1S/C12H18O2/c1-10-5-3-4-6-12(10)7-11(8-13)9-14-2/h3-6,11,13H,7-9H2,1-2H3. The molecular formula is C12H18O2. The normalized spacial score (nSPS) is 12.8. The highest BCUT2D eigenvalue weighted by Crippen LogP contribution is 2.13. The Kier molecular flexibility index (Phi) is 4.63. The quantitative estimate of drug-likeness (QED) is 0.774. The highest BCUT2D eigenvalue weighted by Gasteiger charge is 2.09. The van der Waals surface area contributed by atoms with Gasteiger partial charge >= 0.3 is 0 Å². The van der Waals surface area contributed by atoms with E-state index in [1.807, 2.05) is 12.1 Å². The number of methoxy groups -OCH3 is 1. The van der Waals surface area contributed by atoms with Gasteiger partial charge in [0.1, 0.15) is 0 Å². The first-order chi connectivity index (χ1) is 6.77. The number of aliphatic hydroxyl groups is 1. The summed E-state index contributed by atoms with van der Waals surface area (Å²) >= 11 is 0. The Morgan fingerprint density at radius 2 is 2.07 bits per heavy atom. The van der Waals surface area contributed by atoms with Crippen molar-refractivity contribution in [1.29, 1.82) is 0 Å². The van der Waals surface area contributed by atoms with Gasteiger partial charge in [-0.2, -0.15) is 0 Å². The first-order valence-corrected chi connectivity index (χ1v) is 4.92. The molecule has 0 aliphatic heterocycles. The molecule has 1 aromatic carbocycles. The van der Waals surface area contributed by atoms with Crippen LogP contribution in [-0.2, 0) is 11.2 Å². The van der Waals surface area contributed by atoms with Gasteiger partial charge in [-0.05, 0) is 24.5 Å². The second-order valence-electron chi connectivity index (χ2n) is 3.63. The van der Waals surface area contributed by atoms with E-state index in [1.165, 1.54) is 11.1 Å². The number of aryl methyl sites for hydroxylation is 1. The van der Waals surface area contributed by atoms with Gasteiger partial charge in [0.25, 0.3) is 0 Å². The lowest BCUT2D eigenvalue weighted by Crippen LogP contribution is -2.16. The largest absolute Gasteiger partial charge is 0.396 e. The number of hydrogen-bond acceptors (Lipinski definition) is 2. The minimum absolute atomic E-state index is 0.183. The van der Waals surface area contributed by atoms with Crippen molar-refractivity contribution in [2.75, 3.05) is 20.3 Å². The summed E-state index contributed by atoms with van der Waals surface area (Å²) < 4.78 is 5.05. The summed E-state index contributed by atoms with van der Waals surface area (Å²) in [5.74, 6) is 0.209. The van der Waals surface area contributed by atoms with E-state index in [0.29, 0.717) is 6.61 Å². The number of hydrogen-bond donors (Lipinski definition) is 1. The Morgan fingerprint density at radius 1 is 1.36 bits per heavy atom. The van der Waals surface area contributed by atoms with E-state index < -0.39 is 0 Å². The molecule has 2 nitrogen and oxygen atoms in total. The number of benzene rings is 1. The van der Waals surface area contributed by atoms with E-state index >= 15 is 0 Å². The van der Waals surface area contributed by atoms with Crippen molar-refractivity contribution in [2.24, 2.45) is 5.92 Å². The SMILES string of the molecule is COCC(CO)Cc1ccccc1C. The van der Waals surface area contributed by atoms with Crippen molar-refractivity contribution in [1.82, 2.24) is 0 Å². The van der Waals surface area contributed by atoms with Gasteiger partial charge in [-0.3, -0.25) is 0 Å². The summed E-state index contributed by atoms with van der Waals surface area (Å²) in [6.07, 6.45) is 0.886. The fourth-order valence-corrected chi connectivity index (χ4v) is 1.56. The monoisotopic (exact) mass is 194 g/mol. The molecule has 0 bridgehead atoms. The first-order valence-electron chi connectivity index (χ1n) is 4.92. The molecule has 0 aromatic heterocycles. The summed E-state index contributed by atoms with van der Waals surface area (Å²) in [4.78, 5) is 0. The van der Waals surface area contributed by atoms with Gasteiger partial charge < -0.3 is 9.84 Å². The van der Waals surface area contributed by atoms with Crippen LogP contribution in [0.1, 0.15) is 11.1 Å². The van der Waals surface area contributed by atoms with Crippen LogP contribution in [0.2, 0.25) is 0 Å². The van der Waals surface area contributed by atoms with Crippen molar-refractivity contribution < 1.29 is 9.84 Å². The molecule has 2 heteroatoms. The molecule has 1 aromatic rings. The summed E-state index contributed by atoms with van der Waals surface area (Å²) in [7, 11) is 1.67. The summed E-state index contributed by atoms with van der Waals surface area (Å²) in [6.45, 7) is 2.89. The molecule has 0 aliphatic carbocycles. The van der Waals surface area contributed by atoms with Crippen LogP contribution in [0.15, 0.2) is 24.3 Å². The smallest absolute Gasteiger partial charge is 0.0515 e. The van der Waals surface area contributed by atoms with Crippen LogP contribution < -0.4 is 0 Å². The molecule has 0 heterocycles. The van der Waals surface area contributed by atoms with Crippen LogP contribution in [0, 0.1) is 12.8 Å². The lowest BCUT2D eigenvalue weighted by atomic mass is 9.97. The highest BCUT2D eigenvalue weighted by molar-refractivity contribution is 5.25. The predicted molar refractivity (Wildman–Crippen MR) is 57.3 cm³/mol. The van der Waals surface area contributed by atoms with Gasteiger partial charge in [-0.1, -0.05) is 24.3 Å². The maximum absolute atomic E-state index is 9.13. The minimum Gasteiger partial charge on any atom is -0.396 e. The summed E-state index contributed by atoms with van der Waals surface area (Å²) in [5, 5.41) is 9.13. The molecule has 0 saturated heterocycles. The maximum Gasteiger partial charge on any atom is 0.0515 e. The molecule has 0 spiro atoms. The molecule has 1 unspecified atom stereocenters. The third kappa shape index (κ3) is 3.13. The summed E-state index contributed by atoms with van der Waals surface area (Å²) in [6, 6.07) is 8.26. The second kappa shape index (κ2) is 5.78. The van der Waals surface area contributed by atoms with Crippen LogP contribution in [-0.4, -0.2) is 25.4 Å². The van der Waals surface area contributed by atoms with E-state index in [2.05, 4.69) is 19.1 Å². The molecule has 0 aliphatic rings. The maximum atomic E-state index is 9.13. The van der Waals surface area contributed by atoms with E-state index in [1.54, 1.807) is 7.11 Å². The molecule has 0 fully saturated rings. The van der Waals surface area contributed by atoms with Crippen LogP contribution in [0.25, 0.3) is 0 Å². The molecule has 0 radical (unpaired) electrons. The predicted octanol–water partition coefficient (Wildman–Crippen LogP) is 1.79. The van der Waals surface area contributed by atoms with Crippen LogP contribution in [0.3, 0.4) is 0 Å². The fourth-order valence-electron chi connectivity index (χ4n) is 1.56. The van der Waals surface area contributed by atoms with Gasteiger partial charge in [0.2, 0.25) is 0 Å². The van der Waals surface area contributed by atoms with Gasteiger partial charge in [-0.25, -0.2) is 0 Å². The number of aliphatic hydroxyl groups excluding tert-OH is 1. The molecule has 0 amide bonds. The molecule has 1 rings (SSSR count). The van der Waals surface area contributed by atoms with Gasteiger partial charge in [0.05, 0.1) is 6.61 Å². The van der Waals surface area contributed by atoms with Crippen LogP contribution in [0.5, 0.6) is 0 Å². The second-order valence-corrected chi connectivity index (χ2v) is 3.63. The molecule has 1 N–H and O–H groups in total. The van der Waals surface area contributed by atoms with Crippen molar-refractivity contribution in [3.05, 3.63) is 35.4 Å². The topological polar surface area (TPSA) is 29.5 Å². The van der Waals surface area contributed by atoms with Crippen molar-refractivity contribution in [2.45, 2.75) is 13.3 Å². The highest BCUT2D eigenvalue weighted by atomic mass is 16.5. The minimum atomic E-state index is 0.183. The van der Waals surface area contributed by atoms with E-state index in [4.69, 9.17) is 9.84 Å². The molecule has 14 heavy (non-hydrogen) atoms. The third-order valence-electron chi connectivity index (χ3n) is 2.43. The lowest BCUT2D eigenvalue weighted by Gasteiger charge is -2.14. The number of rotatable bonds is 5. The van der Waals surface area contributed by atoms with Crippen LogP contribution >= 0.6 is 0 Å². The average molecular weight is 194 g/mol. The molecule has 0 saturated carbocycles. The third-order valence-corrected chi connectivity index (χ3v) is 2.43.